The van der Waals surface area contributed by atoms with Crippen LogP contribution in [0.4, 0.5) is 18.9 Å². The molecule has 5 nitrogen and oxygen atoms in total. The van der Waals surface area contributed by atoms with E-state index >= 15 is 0 Å². The zero-order chi connectivity index (χ0) is 17.6. The highest BCUT2D eigenvalue weighted by molar-refractivity contribution is 5.93. The van der Waals surface area contributed by atoms with E-state index in [0.717, 1.165) is 5.56 Å². The van der Waals surface area contributed by atoms with Crippen molar-refractivity contribution in [2.75, 3.05) is 5.32 Å². The lowest BCUT2D eigenvalue weighted by Gasteiger charge is -2.14. The first-order valence-corrected chi connectivity index (χ1v) is 6.78. The molecule has 0 saturated heterocycles. The molecule has 0 aliphatic carbocycles. The fourth-order valence-electron chi connectivity index (χ4n) is 1.82. The maximum atomic E-state index is 12.4. The highest BCUT2D eigenvalue weighted by Crippen LogP contribution is 2.29. The smallest absolute Gasteiger partial charge is 0.404 e. The van der Waals surface area contributed by atoms with Crippen LogP contribution in [0, 0.1) is 11.3 Å². The lowest BCUT2D eigenvalue weighted by atomic mass is 10.1. The van der Waals surface area contributed by atoms with Crippen molar-refractivity contribution in [3.63, 3.8) is 0 Å². The molecule has 0 aliphatic rings. The van der Waals surface area contributed by atoms with Crippen LogP contribution in [-0.4, -0.2) is 12.3 Å². The number of aliphatic imine (C=N–C) groups is 1. The van der Waals surface area contributed by atoms with Crippen molar-refractivity contribution in [2.24, 2.45) is 10.7 Å². The number of hydrogen-bond donors (Lipinski definition) is 2. The number of benzene rings is 2. The van der Waals surface area contributed by atoms with Crippen LogP contribution in [0.5, 0.6) is 5.75 Å². The van der Waals surface area contributed by atoms with Crippen molar-refractivity contribution in [2.45, 2.75) is 12.9 Å². The minimum absolute atomic E-state index is 0.0518. The standard InChI is InChI=1S/C16H13F3N4O/c17-16(18,19)24-14-4-2-1-3-13(14)23-15(21)22-10-12-7-5-11(9-20)6-8-12/h1-8H,10H2,(H3,21,22,23). The summed E-state index contributed by atoms with van der Waals surface area (Å²) < 4.78 is 41.0. The minimum Gasteiger partial charge on any atom is -0.404 e. The average molecular weight is 334 g/mol. The Hall–Kier alpha value is -3.21. The van der Waals surface area contributed by atoms with E-state index in [1.165, 1.54) is 18.2 Å². The Morgan fingerprint density at radius 2 is 1.83 bits per heavy atom. The van der Waals surface area contributed by atoms with Crippen molar-refractivity contribution in [1.82, 2.24) is 0 Å². The van der Waals surface area contributed by atoms with Crippen LogP contribution in [-0.2, 0) is 6.54 Å². The highest BCUT2D eigenvalue weighted by Gasteiger charge is 2.32. The number of nitrogens with one attached hydrogen (secondary N) is 1. The molecule has 24 heavy (non-hydrogen) atoms. The molecule has 2 aromatic rings. The number of anilines is 1. The molecule has 0 aliphatic heterocycles. The number of hydrogen-bond acceptors (Lipinski definition) is 3. The number of guanidine groups is 1. The highest BCUT2D eigenvalue weighted by atomic mass is 19.4. The molecular weight excluding hydrogens is 321 g/mol. The first kappa shape index (κ1) is 17.1. The normalized spacial score (nSPS) is 11.7. The van der Waals surface area contributed by atoms with Crippen LogP contribution in [0.1, 0.15) is 11.1 Å². The molecule has 0 fully saturated rings. The monoisotopic (exact) mass is 334 g/mol. The summed E-state index contributed by atoms with van der Waals surface area (Å²) in [6.07, 6.45) is -4.80. The molecule has 0 amide bonds. The van der Waals surface area contributed by atoms with Gasteiger partial charge in [-0.1, -0.05) is 24.3 Å². The van der Waals surface area contributed by atoms with E-state index < -0.39 is 12.1 Å². The summed E-state index contributed by atoms with van der Waals surface area (Å²) in [6, 6.07) is 14.2. The largest absolute Gasteiger partial charge is 0.573 e. The predicted octanol–water partition coefficient (Wildman–Crippen LogP) is 3.38. The van der Waals surface area contributed by atoms with Crippen molar-refractivity contribution in [1.29, 1.82) is 5.26 Å². The van der Waals surface area contributed by atoms with Crippen molar-refractivity contribution < 1.29 is 17.9 Å². The number of rotatable bonds is 4. The van der Waals surface area contributed by atoms with E-state index in [-0.39, 0.29) is 18.2 Å². The molecule has 0 aromatic heterocycles. The molecule has 0 unspecified atom stereocenters. The summed E-state index contributed by atoms with van der Waals surface area (Å²) >= 11 is 0. The van der Waals surface area contributed by atoms with Crippen LogP contribution >= 0.6 is 0 Å². The molecule has 0 atom stereocenters. The van der Waals surface area contributed by atoms with Gasteiger partial charge in [0.05, 0.1) is 23.9 Å². The van der Waals surface area contributed by atoms with E-state index in [2.05, 4.69) is 15.0 Å². The van der Waals surface area contributed by atoms with Crippen LogP contribution < -0.4 is 15.8 Å². The Kier molecular flexibility index (Phi) is 5.27. The van der Waals surface area contributed by atoms with Gasteiger partial charge in [0.15, 0.2) is 11.7 Å². The van der Waals surface area contributed by atoms with Crippen LogP contribution in [0.15, 0.2) is 53.5 Å². The van der Waals surface area contributed by atoms with Gasteiger partial charge >= 0.3 is 6.36 Å². The Morgan fingerprint density at radius 3 is 2.46 bits per heavy atom. The molecule has 3 N–H and O–H groups in total. The second-order valence-electron chi connectivity index (χ2n) is 4.68. The van der Waals surface area contributed by atoms with E-state index in [9.17, 15) is 13.2 Å². The topological polar surface area (TPSA) is 83.4 Å². The number of ether oxygens (including phenoxy) is 1. The van der Waals surface area contributed by atoms with E-state index in [0.29, 0.717) is 5.56 Å². The number of nitrogens with zero attached hydrogens (tertiary/aromatic N) is 2. The lowest BCUT2D eigenvalue weighted by molar-refractivity contribution is -0.274. The van der Waals surface area contributed by atoms with Gasteiger partial charge in [-0.3, -0.25) is 0 Å². The lowest BCUT2D eigenvalue weighted by Crippen LogP contribution is -2.24. The summed E-state index contributed by atoms with van der Waals surface area (Å²) in [7, 11) is 0. The zero-order valence-corrected chi connectivity index (χ0v) is 12.3. The average Bonchev–Trinajstić information content (AvgIpc) is 2.54. The summed E-state index contributed by atoms with van der Waals surface area (Å²) in [5.41, 5.74) is 7.07. The molecule has 0 radical (unpaired) electrons. The molecule has 8 heteroatoms. The first-order chi connectivity index (χ1) is 11.4. The molecule has 0 spiro atoms. The number of halogens is 3. The van der Waals surface area contributed by atoms with Gasteiger partial charge in [-0.25, -0.2) is 4.99 Å². The van der Waals surface area contributed by atoms with Gasteiger partial charge in [-0.05, 0) is 29.8 Å². The van der Waals surface area contributed by atoms with Crippen LogP contribution in [0.25, 0.3) is 0 Å². The second-order valence-corrected chi connectivity index (χ2v) is 4.68. The molecule has 124 valence electrons. The fraction of sp³-hybridized carbons (Fsp3) is 0.125. The third-order valence-corrected chi connectivity index (χ3v) is 2.89. The maximum Gasteiger partial charge on any atom is 0.573 e. The van der Waals surface area contributed by atoms with Crippen molar-refractivity contribution >= 4 is 11.6 Å². The zero-order valence-electron chi connectivity index (χ0n) is 12.3. The van der Waals surface area contributed by atoms with Gasteiger partial charge in [-0.15, -0.1) is 13.2 Å². The predicted molar refractivity (Wildman–Crippen MR) is 83.2 cm³/mol. The molecule has 0 saturated carbocycles. The maximum absolute atomic E-state index is 12.4. The van der Waals surface area contributed by atoms with Crippen LogP contribution in [0.2, 0.25) is 0 Å². The summed E-state index contributed by atoms with van der Waals surface area (Å²) in [5.74, 6) is -0.459. The minimum atomic E-state index is -4.80. The SMILES string of the molecule is N#Cc1ccc(CN=C(N)Nc2ccccc2OC(F)(F)F)cc1. The van der Waals surface area contributed by atoms with Gasteiger partial charge in [0.1, 0.15) is 0 Å². The second kappa shape index (κ2) is 7.37. The van der Waals surface area contributed by atoms with E-state index in [4.69, 9.17) is 11.0 Å². The van der Waals surface area contributed by atoms with Crippen molar-refractivity contribution in [3.05, 3.63) is 59.7 Å². The first-order valence-electron chi connectivity index (χ1n) is 6.78. The van der Waals surface area contributed by atoms with Crippen LogP contribution in [0.3, 0.4) is 0 Å². The quantitative estimate of drug-likeness (QED) is 0.663. The molecule has 2 rings (SSSR count). The number of nitrogens with two attached hydrogens (primary N) is 1. The van der Waals surface area contributed by atoms with Gasteiger partial charge in [-0.2, -0.15) is 5.26 Å². The summed E-state index contributed by atoms with van der Waals surface area (Å²) in [4.78, 5) is 4.05. The Balaban J connectivity index is 2.06. The van der Waals surface area contributed by atoms with Gasteiger partial charge in [0.25, 0.3) is 0 Å². The fourth-order valence-corrected chi connectivity index (χ4v) is 1.82. The number of para-hydroxylation sites is 2. The molecular formula is C16H13F3N4O. The van der Waals surface area contributed by atoms with Crippen molar-refractivity contribution in [3.8, 4) is 11.8 Å². The van der Waals surface area contributed by atoms with Gasteiger partial charge in [0, 0.05) is 0 Å². The Morgan fingerprint density at radius 1 is 1.17 bits per heavy atom. The van der Waals surface area contributed by atoms with Gasteiger partial charge in [0.2, 0.25) is 0 Å². The summed E-state index contributed by atoms with van der Waals surface area (Å²) in [5, 5.41) is 11.3. The third-order valence-electron chi connectivity index (χ3n) is 2.89. The third kappa shape index (κ3) is 5.21. The van der Waals surface area contributed by atoms with E-state index in [1.54, 1.807) is 30.3 Å². The Labute approximate surface area is 136 Å². The van der Waals surface area contributed by atoms with Gasteiger partial charge < -0.3 is 15.8 Å². The van der Waals surface area contributed by atoms with E-state index in [1.807, 2.05) is 6.07 Å². The number of alkyl halides is 3. The Bertz CT molecular complexity index is 764. The number of nitriles is 1. The summed E-state index contributed by atoms with van der Waals surface area (Å²) in [6.45, 7) is 0.215. The molecule has 2 aromatic carbocycles. The molecule has 0 bridgehead atoms. The molecule has 0 heterocycles.